The van der Waals surface area contributed by atoms with Crippen LogP contribution in [0.5, 0.6) is 0 Å². The molecule has 0 atom stereocenters. The molecule has 6 nitrogen and oxygen atoms in total. The van der Waals surface area contributed by atoms with Crippen molar-refractivity contribution in [3.63, 3.8) is 0 Å². The number of sulfone groups is 1. The second-order valence-corrected chi connectivity index (χ2v) is 5.37. The number of rotatable bonds is 2. The van der Waals surface area contributed by atoms with Crippen LogP contribution in [0.1, 0.15) is 0 Å². The highest BCUT2D eigenvalue weighted by atomic mass is 32.2. The lowest BCUT2D eigenvalue weighted by Gasteiger charge is -2.01. The van der Waals surface area contributed by atoms with Crippen molar-refractivity contribution in [3.05, 3.63) is 28.7 Å². The maximum Gasteiger partial charge on any atom is 0.359 e. The molecule has 0 aliphatic carbocycles. The van der Waals surface area contributed by atoms with E-state index in [0.717, 1.165) is 11.0 Å². The van der Waals surface area contributed by atoms with E-state index in [0.29, 0.717) is 11.0 Å². The van der Waals surface area contributed by atoms with Crippen molar-refractivity contribution in [1.29, 1.82) is 0 Å². The number of H-pyrrole nitrogens is 1. The van der Waals surface area contributed by atoms with Crippen LogP contribution in [0.3, 0.4) is 0 Å². The van der Waals surface area contributed by atoms with E-state index in [2.05, 4.69) is 4.98 Å². The predicted octanol–water partition coefficient (Wildman–Crippen LogP) is -0.209. The predicted molar refractivity (Wildman–Crippen MR) is 58.2 cm³/mol. The highest BCUT2D eigenvalue weighted by Gasteiger charge is 2.12. The van der Waals surface area contributed by atoms with Crippen LogP contribution in [-0.4, -0.2) is 31.5 Å². The number of nitrogens with one attached hydrogen (secondary N) is 1. The highest BCUT2D eigenvalue weighted by molar-refractivity contribution is 7.90. The summed E-state index contributed by atoms with van der Waals surface area (Å²) in [7, 11) is -1.96. The number of hydrogen-bond acceptors (Lipinski definition) is 4. The summed E-state index contributed by atoms with van der Waals surface area (Å²) in [6.07, 6.45) is 1.11. The number of fused-ring (bicyclic) bond motifs is 1. The minimum Gasteiger partial charge on any atom is -0.412 e. The van der Waals surface area contributed by atoms with E-state index in [1.54, 1.807) is 0 Å². The van der Waals surface area contributed by atoms with Gasteiger partial charge in [-0.1, -0.05) is 0 Å². The van der Waals surface area contributed by atoms with Crippen molar-refractivity contribution < 1.29 is 13.3 Å². The standard InChI is InChI=1S/C9H10N2O4S/c1-15-11-8-5-6(16(2,13)14)3-4-7(8)10-9(11)12/h3-5H,1-2H3,(H,10,12). The van der Waals surface area contributed by atoms with E-state index in [1.807, 2.05) is 0 Å². The van der Waals surface area contributed by atoms with E-state index in [-0.39, 0.29) is 4.90 Å². The van der Waals surface area contributed by atoms with Gasteiger partial charge in [0, 0.05) is 6.26 Å². The summed E-state index contributed by atoms with van der Waals surface area (Å²) in [5.41, 5.74) is 0.484. The number of aromatic amines is 1. The third kappa shape index (κ3) is 1.58. The van der Waals surface area contributed by atoms with E-state index < -0.39 is 15.5 Å². The monoisotopic (exact) mass is 242 g/mol. The molecule has 2 aromatic rings. The fraction of sp³-hybridized carbons (Fsp3) is 0.222. The number of imidazole rings is 1. The zero-order chi connectivity index (χ0) is 11.9. The summed E-state index contributed by atoms with van der Waals surface area (Å²) in [6, 6.07) is 4.36. The molecule has 7 heteroatoms. The number of nitrogens with zero attached hydrogens (tertiary/aromatic N) is 1. The minimum absolute atomic E-state index is 0.143. The molecule has 16 heavy (non-hydrogen) atoms. The molecule has 0 saturated heterocycles. The molecule has 1 aromatic carbocycles. The lowest BCUT2D eigenvalue weighted by Crippen LogP contribution is -2.21. The molecule has 0 unspecified atom stereocenters. The molecule has 1 heterocycles. The van der Waals surface area contributed by atoms with Crippen LogP contribution in [0.25, 0.3) is 11.0 Å². The fourth-order valence-electron chi connectivity index (χ4n) is 1.47. The van der Waals surface area contributed by atoms with Gasteiger partial charge in [-0.05, 0) is 18.2 Å². The zero-order valence-electron chi connectivity index (χ0n) is 8.72. The molecule has 0 aliphatic heterocycles. The maximum atomic E-state index is 11.4. The highest BCUT2D eigenvalue weighted by Crippen LogP contribution is 2.15. The van der Waals surface area contributed by atoms with Gasteiger partial charge in [0.2, 0.25) is 0 Å². The maximum absolute atomic E-state index is 11.4. The normalized spacial score (nSPS) is 11.9. The summed E-state index contributed by atoms with van der Waals surface area (Å²) >= 11 is 0. The SMILES string of the molecule is COn1c(=O)[nH]c2ccc(S(C)(=O)=O)cc21. The first kappa shape index (κ1) is 10.7. The molecule has 0 saturated carbocycles. The third-order valence-electron chi connectivity index (χ3n) is 2.22. The van der Waals surface area contributed by atoms with E-state index in [4.69, 9.17) is 4.84 Å². The van der Waals surface area contributed by atoms with Crippen molar-refractivity contribution in [1.82, 2.24) is 9.71 Å². The third-order valence-corrected chi connectivity index (χ3v) is 3.34. The lowest BCUT2D eigenvalue weighted by molar-refractivity contribution is 0.168. The van der Waals surface area contributed by atoms with Crippen LogP contribution in [0.4, 0.5) is 0 Å². The van der Waals surface area contributed by atoms with E-state index in [9.17, 15) is 13.2 Å². The summed E-state index contributed by atoms with van der Waals surface area (Å²) in [5, 5.41) is 0. The van der Waals surface area contributed by atoms with Gasteiger partial charge in [-0.3, -0.25) is 0 Å². The first-order valence-electron chi connectivity index (χ1n) is 4.43. The van der Waals surface area contributed by atoms with Gasteiger partial charge >= 0.3 is 5.69 Å². The molecule has 0 bridgehead atoms. The average molecular weight is 242 g/mol. The second kappa shape index (κ2) is 3.38. The van der Waals surface area contributed by atoms with Crippen molar-refractivity contribution in [2.75, 3.05) is 13.4 Å². The van der Waals surface area contributed by atoms with Gasteiger partial charge in [-0.15, -0.1) is 4.73 Å². The van der Waals surface area contributed by atoms with Crippen LogP contribution in [0.2, 0.25) is 0 Å². The van der Waals surface area contributed by atoms with Crippen molar-refractivity contribution >= 4 is 20.9 Å². The van der Waals surface area contributed by atoms with E-state index >= 15 is 0 Å². The van der Waals surface area contributed by atoms with Gasteiger partial charge in [0.15, 0.2) is 9.84 Å². The number of benzene rings is 1. The smallest absolute Gasteiger partial charge is 0.359 e. The van der Waals surface area contributed by atoms with Crippen LogP contribution in [0, 0.1) is 0 Å². The van der Waals surface area contributed by atoms with Crippen molar-refractivity contribution in [3.8, 4) is 0 Å². The molecular weight excluding hydrogens is 232 g/mol. The quantitative estimate of drug-likeness (QED) is 0.790. The van der Waals surface area contributed by atoms with Crippen LogP contribution in [0.15, 0.2) is 27.9 Å². The Hall–Kier alpha value is -1.76. The van der Waals surface area contributed by atoms with Crippen LogP contribution >= 0.6 is 0 Å². The lowest BCUT2D eigenvalue weighted by atomic mass is 10.3. The first-order valence-corrected chi connectivity index (χ1v) is 6.32. The molecule has 0 spiro atoms. The van der Waals surface area contributed by atoms with Gasteiger partial charge in [-0.25, -0.2) is 13.2 Å². The first-order chi connectivity index (χ1) is 7.43. The Morgan fingerprint density at radius 3 is 2.62 bits per heavy atom. The molecule has 0 fully saturated rings. The van der Waals surface area contributed by atoms with Crippen molar-refractivity contribution in [2.24, 2.45) is 0 Å². The Labute approximate surface area is 91.3 Å². The molecule has 0 amide bonds. The Morgan fingerprint density at radius 2 is 2.06 bits per heavy atom. The summed E-state index contributed by atoms with van der Waals surface area (Å²) in [4.78, 5) is 18.9. The zero-order valence-corrected chi connectivity index (χ0v) is 9.54. The van der Waals surface area contributed by atoms with Crippen molar-refractivity contribution in [2.45, 2.75) is 4.90 Å². The average Bonchev–Trinajstić information content (AvgIpc) is 2.50. The summed E-state index contributed by atoms with van der Waals surface area (Å²) < 4.78 is 23.7. The summed E-state index contributed by atoms with van der Waals surface area (Å²) in [6.45, 7) is 0. The van der Waals surface area contributed by atoms with Gasteiger partial charge < -0.3 is 9.82 Å². The molecular formula is C9H10N2O4S. The van der Waals surface area contributed by atoms with Gasteiger partial charge in [0.25, 0.3) is 0 Å². The molecule has 0 aliphatic rings. The van der Waals surface area contributed by atoms with Crippen LogP contribution in [-0.2, 0) is 9.84 Å². The second-order valence-electron chi connectivity index (χ2n) is 3.36. The van der Waals surface area contributed by atoms with Gasteiger partial charge in [0.1, 0.15) is 12.6 Å². The Bertz CT molecular complexity index is 696. The minimum atomic E-state index is -3.29. The Balaban J connectivity index is 2.84. The largest absolute Gasteiger partial charge is 0.412 e. The Kier molecular flexibility index (Phi) is 2.27. The van der Waals surface area contributed by atoms with E-state index in [1.165, 1.54) is 25.3 Å². The molecule has 1 aromatic heterocycles. The molecule has 86 valence electrons. The summed E-state index contributed by atoms with van der Waals surface area (Å²) in [5.74, 6) is 0. The van der Waals surface area contributed by atoms with Gasteiger partial charge in [-0.2, -0.15) is 0 Å². The number of hydrogen-bond donors (Lipinski definition) is 1. The number of aromatic nitrogens is 2. The Morgan fingerprint density at radius 1 is 1.38 bits per heavy atom. The topological polar surface area (TPSA) is 81.2 Å². The molecule has 0 radical (unpaired) electrons. The molecule has 1 N–H and O–H groups in total. The van der Waals surface area contributed by atoms with Crippen LogP contribution < -0.4 is 10.5 Å². The van der Waals surface area contributed by atoms with Gasteiger partial charge in [0.05, 0.1) is 10.4 Å². The molecule has 2 rings (SSSR count). The fourth-order valence-corrected chi connectivity index (χ4v) is 2.11.